The average Bonchev–Trinajstić information content (AvgIpc) is 2.17. The Hall–Kier alpha value is -1.09. The van der Waals surface area contributed by atoms with Crippen LogP contribution >= 0.6 is 11.6 Å². The minimum atomic E-state index is -0.0853. The van der Waals surface area contributed by atoms with Crippen LogP contribution in [0.2, 0.25) is 0 Å². The molecule has 0 aliphatic heterocycles. The Balaban J connectivity index is 2.51. The van der Waals surface area contributed by atoms with Crippen molar-refractivity contribution in [2.24, 2.45) is 0 Å². The summed E-state index contributed by atoms with van der Waals surface area (Å²) in [6.45, 7) is 4.32. The van der Waals surface area contributed by atoms with Gasteiger partial charge in [0, 0.05) is 23.8 Å². The van der Waals surface area contributed by atoms with Crippen molar-refractivity contribution in [1.82, 2.24) is 10.3 Å². The number of hydrogen-bond acceptors (Lipinski definition) is 2. The van der Waals surface area contributed by atoms with Gasteiger partial charge >= 0.3 is 0 Å². The molecule has 82 valence electrons. The molecular weight excluding hydrogens is 212 g/mol. The third-order valence-electron chi connectivity index (χ3n) is 2.08. The molecule has 3 nitrogen and oxygen atoms in total. The number of carbonyl (C=O) groups excluding carboxylic acids is 1. The number of hydrogen-bond donors (Lipinski definition) is 1. The normalized spacial score (nSPS) is 12.2. The fourth-order valence-electron chi connectivity index (χ4n) is 1.20. The Morgan fingerprint density at radius 3 is 3.00 bits per heavy atom. The maximum Gasteiger partial charge on any atom is 0.253 e. The van der Waals surface area contributed by atoms with Gasteiger partial charge in [0.15, 0.2) is 0 Å². The van der Waals surface area contributed by atoms with Crippen LogP contribution in [0.1, 0.15) is 29.4 Å². The Kier molecular flexibility index (Phi) is 4.56. The lowest BCUT2D eigenvalue weighted by molar-refractivity contribution is 0.0952. The quantitative estimate of drug-likeness (QED) is 0.800. The molecule has 4 heteroatoms. The number of aryl methyl sites for hydroxylation is 1. The number of aromatic nitrogens is 1. The van der Waals surface area contributed by atoms with Crippen molar-refractivity contribution in [1.29, 1.82) is 0 Å². The third kappa shape index (κ3) is 3.88. The van der Waals surface area contributed by atoms with Crippen LogP contribution in [0.3, 0.4) is 0 Å². The van der Waals surface area contributed by atoms with Gasteiger partial charge in [-0.1, -0.05) is 0 Å². The van der Waals surface area contributed by atoms with Crippen LogP contribution in [-0.2, 0) is 0 Å². The standard InChI is InChI=1S/C11H15ClN2O/c1-8(12)5-7-14-11(15)10-4-3-6-13-9(10)2/h3-4,6,8H,5,7H2,1-2H3,(H,14,15). The zero-order valence-corrected chi connectivity index (χ0v) is 9.71. The van der Waals surface area contributed by atoms with Crippen molar-refractivity contribution >= 4 is 17.5 Å². The van der Waals surface area contributed by atoms with Crippen molar-refractivity contribution in [3.05, 3.63) is 29.6 Å². The molecular formula is C11H15ClN2O. The molecule has 1 heterocycles. The number of nitrogens with one attached hydrogen (secondary N) is 1. The van der Waals surface area contributed by atoms with Crippen molar-refractivity contribution in [3.63, 3.8) is 0 Å². The Morgan fingerprint density at radius 1 is 1.67 bits per heavy atom. The minimum absolute atomic E-state index is 0.0836. The van der Waals surface area contributed by atoms with Gasteiger partial charge in [-0.3, -0.25) is 9.78 Å². The first kappa shape index (κ1) is 12.0. The number of amides is 1. The van der Waals surface area contributed by atoms with E-state index in [1.165, 1.54) is 0 Å². The molecule has 0 bridgehead atoms. The van der Waals surface area contributed by atoms with E-state index in [4.69, 9.17) is 11.6 Å². The lowest BCUT2D eigenvalue weighted by Crippen LogP contribution is -2.26. The highest BCUT2D eigenvalue weighted by molar-refractivity contribution is 6.20. The summed E-state index contributed by atoms with van der Waals surface area (Å²) in [6, 6.07) is 3.52. The van der Waals surface area contributed by atoms with Crippen LogP contribution in [0, 0.1) is 6.92 Å². The van der Waals surface area contributed by atoms with Crippen molar-refractivity contribution in [2.75, 3.05) is 6.54 Å². The summed E-state index contributed by atoms with van der Waals surface area (Å²) >= 11 is 5.77. The molecule has 1 aromatic rings. The molecule has 1 aromatic heterocycles. The summed E-state index contributed by atoms with van der Waals surface area (Å²) in [5, 5.41) is 2.89. The number of carbonyl (C=O) groups is 1. The maximum absolute atomic E-state index is 11.7. The zero-order valence-electron chi connectivity index (χ0n) is 8.96. The second-order valence-electron chi connectivity index (χ2n) is 3.46. The second kappa shape index (κ2) is 5.71. The van der Waals surface area contributed by atoms with E-state index in [0.717, 1.165) is 12.1 Å². The molecule has 0 fully saturated rings. The van der Waals surface area contributed by atoms with E-state index < -0.39 is 0 Å². The zero-order chi connectivity index (χ0) is 11.3. The van der Waals surface area contributed by atoms with Crippen LogP contribution in [0.4, 0.5) is 0 Å². The van der Waals surface area contributed by atoms with Crippen molar-refractivity contribution in [3.8, 4) is 0 Å². The first-order valence-corrected chi connectivity index (χ1v) is 5.39. The monoisotopic (exact) mass is 226 g/mol. The number of rotatable bonds is 4. The van der Waals surface area contributed by atoms with Gasteiger partial charge in [0.2, 0.25) is 0 Å². The summed E-state index contributed by atoms with van der Waals surface area (Å²) in [5.74, 6) is -0.0853. The van der Waals surface area contributed by atoms with E-state index in [1.807, 2.05) is 13.8 Å². The number of alkyl halides is 1. The highest BCUT2D eigenvalue weighted by Crippen LogP contribution is 2.03. The summed E-state index contributed by atoms with van der Waals surface area (Å²) in [4.78, 5) is 15.7. The highest BCUT2D eigenvalue weighted by atomic mass is 35.5. The first-order valence-electron chi connectivity index (χ1n) is 4.95. The SMILES string of the molecule is Cc1ncccc1C(=O)NCCC(C)Cl. The van der Waals surface area contributed by atoms with E-state index in [9.17, 15) is 4.79 Å². The third-order valence-corrected chi connectivity index (χ3v) is 2.30. The molecule has 1 amide bonds. The van der Waals surface area contributed by atoms with Gasteiger partial charge in [-0.2, -0.15) is 0 Å². The summed E-state index contributed by atoms with van der Waals surface area (Å²) in [5.41, 5.74) is 1.37. The van der Waals surface area contributed by atoms with Gasteiger partial charge in [0.1, 0.15) is 0 Å². The van der Waals surface area contributed by atoms with E-state index in [2.05, 4.69) is 10.3 Å². The highest BCUT2D eigenvalue weighted by Gasteiger charge is 2.08. The number of nitrogens with zero attached hydrogens (tertiary/aromatic N) is 1. The van der Waals surface area contributed by atoms with Crippen LogP contribution in [0.5, 0.6) is 0 Å². The van der Waals surface area contributed by atoms with Gasteiger partial charge in [0.05, 0.1) is 5.56 Å². The molecule has 1 rings (SSSR count). The van der Waals surface area contributed by atoms with Crippen LogP contribution in [-0.4, -0.2) is 22.8 Å². The predicted molar refractivity (Wildman–Crippen MR) is 61.2 cm³/mol. The van der Waals surface area contributed by atoms with Gasteiger partial charge in [0.25, 0.3) is 5.91 Å². The van der Waals surface area contributed by atoms with Crippen molar-refractivity contribution < 1.29 is 4.79 Å². The number of pyridine rings is 1. The van der Waals surface area contributed by atoms with Crippen LogP contribution in [0.15, 0.2) is 18.3 Å². The van der Waals surface area contributed by atoms with E-state index in [1.54, 1.807) is 18.3 Å². The summed E-state index contributed by atoms with van der Waals surface area (Å²) in [7, 11) is 0. The largest absolute Gasteiger partial charge is 0.352 e. The molecule has 0 aromatic carbocycles. The molecule has 0 aliphatic carbocycles. The Bertz CT molecular complexity index is 339. The molecule has 0 spiro atoms. The number of halogens is 1. The molecule has 0 aliphatic rings. The van der Waals surface area contributed by atoms with Gasteiger partial charge in [-0.25, -0.2) is 0 Å². The average molecular weight is 227 g/mol. The predicted octanol–water partition coefficient (Wildman–Crippen LogP) is 2.14. The second-order valence-corrected chi connectivity index (χ2v) is 4.21. The lowest BCUT2D eigenvalue weighted by atomic mass is 10.2. The van der Waals surface area contributed by atoms with Crippen molar-refractivity contribution in [2.45, 2.75) is 25.6 Å². The maximum atomic E-state index is 11.7. The Morgan fingerprint density at radius 2 is 2.40 bits per heavy atom. The van der Waals surface area contributed by atoms with E-state index in [-0.39, 0.29) is 11.3 Å². The van der Waals surface area contributed by atoms with Crippen LogP contribution < -0.4 is 5.32 Å². The molecule has 15 heavy (non-hydrogen) atoms. The molecule has 1 atom stereocenters. The fraction of sp³-hybridized carbons (Fsp3) is 0.455. The molecule has 1 unspecified atom stereocenters. The molecule has 0 saturated heterocycles. The summed E-state index contributed by atoms with van der Waals surface area (Å²) < 4.78 is 0. The summed E-state index contributed by atoms with van der Waals surface area (Å²) in [6.07, 6.45) is 2.44. The van der Waals surface area contributed by atoms with Gasteiger partial charge < -0.3 is 5.32 Å². The van der Waals surface area contributed by atoms with E-state index in [0.29, 0.717) is 12.1 Å². The first-order chi connectivity index (χ1) is 7.11. The lowest BCUT2D eigenvalue weighted by Gasteiger charge is -2.07. The van der Waals surface area contributed by atoms with Crippen LogP contribution in [0.25, 0.3) is 0 Å². The minimum Gasteiger partial charge on any atom is -0.352 e. The van der Waals surface area contributed by atoms with Gasteiger partial charge in [-0.15, -0.1) is 11.6 Å². The molecule has 1 N–H and O–H groups in total. The van der Waals surface area contributed by atoms with Gasteiger partial charge in [-0.05, 0) is 32.4 Å². The molecule has 0 radical (unpaired) electrons. The van der Waals surface area contributed by atoms with E-state index >= 15 is 0 Å². The Labute approximate surface area is 94.9 Å². The topological polar surface area (TPSA) is 42.0 Å². The smallest absolute Gasteiger partial charge is 0.253 e. The molecule has 0 saturated carbocycles. The fourth-order valence-corrected chi connectivity index (χ4v) is 1.31.